The minimum atomic E-state index is -0.415. The third-order valence-corrected chi connectivity index (χ3v) is 6.39. The zero-order valence-corrected chi connectivity index (χ0v) is 19.6. The number of hydrogen-bond donors (Lipinski definition) is 3. The van der Waals surface area contributed by atoms with Crippen LogP contribution >= 0.6 is 0 Å². The van der Waals surface area contributed by atoms with E-state index in [9.17, 15) is 14.4 Å². The number of urea groups is 1. The number of ether oxygens (including phenoxy) is 1. The van der Waals surface area contributed by atoms with Gasteiger partial charge in [0.05, 0.1) is 24.3 Å². The average molecular weight is 477 g/mol. The first-order valence-electron chi connectivity index (χ1n) is 11.7. The number of rotatable bonds is 6. The number of hydrazine groups is 2. The van der Waals surface area contributed by atoms with Gasteiger partial charge in [0.1, 0.15) is 12.7 Å². The highest BCUT2D eigenvalue weighted by molar-refractivity contribution is 5.95. The van der Waals surface area contributed by atoms with Crippen LogP contribution in [0.25, 0.3) is 0 Å². The topological polar surface area (TPSA) is 106 Å². The minimum Gasteiger partial charge on any atom is -0.462 e. The second kappa shape index (κ2) is 9.40. The summed E-state index contributed by atoms with van der Waals surface area (Å²) in [7, 11) is 0. The summed E-state index contributed by atoms with van der Waals surface area (Å²) in [6, 6.07) is 14.7. The molecule has 3 aliphatic heterocycles. The van der Waals surface area contributed by atoms with Crippen LogP contribution in [0, 0.1) is 6.92 Å². The fraction of sp³-hybridized carbons (Fsp3) is 0.320. The molecule has 2 aromatic rings. The van der Waals surface area contributed by atoms with Crippen molar-refractivity contribution in [2.75, 3.05) is 18.5 Å². The summed E-state index contributed by atoms with van der Waals surface area (Å²) in [5.74, 6) is -0.764. The molecule has 35 heavy (non-hydrogen) atoms. The van der Waals surface area contributed by atoms with Gasteiger partial charge in [-0.2, -0.15) is 0 Å². The van der Waals surface area contributed by atoms with Crippen molar-refractivity contribution in [2.45, 2.75) is 38.5 Å². The molecule has 5 rings (SSSR count). The molecule has 10 nitrogen and oxygen atoms in total. The van der Waals surface area contributed by atoms with E-state index in [2.05, 4.69) is 47.4 Å². The fourth-order valence-corrected chi connectivity index (χ4v) is 4.60. The van der Waals surface area contributed by atoms with Gasteiger partial charge >= 0.3 is 12.0 Å². The summed E-state index contributed by atoms with van der Waals surface area (Å²) in [5.41, 5.74) is 10.0. The summed E-state index contributed by atoms with van der Waals surface area (Å²) in [4.78, 5) is 39.0. The Bertz CT molecular complexity index is 1150. The molecule has 0 aromatic heterocycles. The van der Waals surface area contributed by atoms with E-state index in [0.29, 0.717) is 17.9 Å². The van der Waals surface area contributed by atoms with Crippen molar-refractivity contribution in [3.05, 3.63) is 77.6 Å². The molecular weight excluding hydrogens is 448 g/mol. The molecule has 0 radical (unpaired) electrons. The predicted molar refractivity (Wildman–Crippen MR) is 128 cm³/mol. The van der Waals surface area contributed by atoms with E-state index < -0.39 is 5.97 Å². The highest BCUT2D eigenvalue weighted by Crippen LogP contribution is 2.34. The Labute approximate surface area is 203 Å². The quantitative estimate of drug-likeness (QED) is 0.550. The van der Waals surface area contributed by atoms with Crippen LogP contribution in [-0.2, 0) is 9.53 Å². The summed E-state index contributed by atoms with van der Waals surface area (Å²) < 4.78 is 4.97. The van der Waals surface area contributed by atoms with Gasteiger partial charge in [0.25, 0.3) is 0 Å². The number of benzene rings is 2. The number of carbonyl (C=O) groups is 3. The predicted octanol–water partition coefficient (Wildman–Crippen LogP) is 2.48. The normalized spacial score (nSPS) is 22.7. The van der Waals surface area contributed by atoms with E-state index >= 15 is 0 Å². The molecule has 182 valence electrons. The molecule has 2 saturated heterocycles. The van der Waals surface area contributed by atoms with Gasteiger partial charge in [-0.15, -0.1) is 0 Å². The number of esters is 1. The monoisotopic (exact) mass is 476 g/mol. The Balaban J connectivity index is 1.20. The Hall–Kier alpha value is -3.89. The first-order valence-corrected chi connectivity index (χ1v) is 11.7. The van der Waals surface area contributed by atoms with Crippen LogP contribution < -0.4 is 16.2 Å². The molecule has 0 aliphatic carbocycles. The molecule has 3 N–H and O–H groups in total. The van der Waals surface area contributed by atoms with E-state index in [1.807, 2.05) is 11.2 Å². The molecule has 0 bridgehead atoms. The van der Waals surface area contributed by atoms with E-state index in [1.54, 1.807) is 42.3 Å². The molecule has 0 spiro atoms. The molecule has 0 saturated carbocycles. The van der Waals surface area contributed by atoms with Gasteiger partial charge in [-0.1, -0.05) is 29.8 Å². The van der Waals surface area contributed by atoms with Gasteiger partial charge < -0.3 is 15.1 Å². The maximum atomic E-state index is 13.0. The standard InChI is InChI=1S/C25H28N6O4/c1-3-35-24(33)18-8-10-19(11-9-18)26-22(32)15-31-25(34)29-12-13-30-21(23(29)28-31)14-20(27-30)17-6-4-16(2)5-7-17/h4-13,20-21,23,27-28H,3,14-15H2,1-2H3,(H,26,32). The number of aryl methyl sites for hydroxylation is 1. The molecule has 3 heterocycles. The Morgan fingerprint density at radius 3 is 2.51 bits per heavy atom. The van der Waals surface area contributed by atoms with Crippen molar-refractivity contribution in [1.29, 1.82) is 0 Å². The smallest absolute Gasteiger partial charge is 0.340 e. The molecule has 3 unspecified atom stereocenters. The number of fused-ring (bicyclic) bond motifs is 3. The van der Waals surface area contributed by atoms with Gasteiger partial charge in [0.2, 0.25) is 5.91 Å². The third kappa shape index (κ3) is 4.58. The summed E-state index contributed by atoms with van der Waals surface area (Å²) >= 11 is 0. The lowest BCUT2D eigenvalue weighted by Gasteiger charge is -2.34. The molecule has 3 amide bonds. The molecule has 2 aromatic carbocycles. The van der Waals surface area contributed by atoms with E-state index in [-0.39, 0.29) is 36.7 Å². The SMILES string of the molecule is CCOC(=O)c1ccc(NC(=O)CN2NC3C4CC(c5ccc(C)cc5)NN4C=CN3C2=O)cc1. The maximum absolute atomic E-state index is 13.0. The van der Waals surface area contributed by atoms with Crippen molar-refractivity contribution in [3.63, 3.8) is 0 Å². The Morgan fingerprint density at radius 1 is 1.06 bits per heavy atom. The second-order valence-electron chi connectivity index (χ2n) is 8.80. The van der Waals surface area contributed by atoms with Gasteiger partial charge in [-0.25, -0.2) is 25.4 Å². The lowest BCUT2D eigenvalue weighted by molar-refractivity contribution is -0.117. The maximum Gasteiger partial charge on any atom is 0.340 e. The number of nitrogens with one attached hydrogen (secondary N) is 3. The van der Waals surface area contributed by atoms with Crippen LogP contribution in [0.15, 0.2) is 60.9 Å². The summed E-state index contributed by atoms with van der Waals surface area (Å²) in [5, 5.41) is 6.13. The molecule has 10 heteroatoms. The van der Waals surface area contributed by atoms with Gasteiger partial charge in [-0.3, -0.25) is 9.69 Å². The Kier molecular flexibility index (Phi) is 6.14. The zero-order chi connectivity index (χ0) is 24.5. The first-order chi connectivity index (χ1) is 16.9. The van der Waals surface area contributed by atoms with E-state index in [4.69, 9.17) is 4.74 Å². The highest BCUT2D eigenvalue weighted by Gasteiger charge is 2.48. The largest absolute Gasteiger partial charge is 0.462 e. The van der Waals surface area contributed by atoms with Crippen LogP contribution in [0.3, 0.4) is 0 Å². The second-order valence-corrected chi connectivity index (χ2v) is 8.80. The van der Waals surface area contributed by atoms with E-state index in [0.717, 1.165) is 6.42 Å². The fourth-order valence-electron chi connectivity index (χ4n) is 4.60. The number of amides is 3. The highest BCUT2D eigenvalue weighted by atomic mass is 16.5. The number of anilines is 1. The Morgan fingerprint density at radius 2 is 1.80 bits per heavy atom. The lowest BCUT2D eigenvalue weighted by atomic mass is 9.99. The van der Waals surface area contributed by atoms with Gasteiger partial charge in [-0.05, 0) is 50.1 Å². The number of nitrogens with zero attached hydrogens (tertiary/aromatic N) is 3. The van der Waals surface area contributed by atoms with Crippen molar-refractivity contribution in [1.82, 2.24) is 25.8 Å². The molecule has 2 fully saturated rings. The van der Waals surface area contributed by atoms with Crippen LogP contribution in [0.5, 0.6) is 0 Å². The zero-order valence-electron chi connectivity index (χ0n) is 19.6. The van der Waals surface area contributed by atoms with Crippen LogP contribution in [-0.4, -0.2) is 58.2 Å². The first kappa shape index (κ1) is 22.9. The van der Waals surface area contributed by atoms with Crippen LogP contribution in [0.2, 0.25) is 0 Å². The van der Waals surface area contributed by atoms with Crippen molar-refractivity contribution >= 4 is 23.6 Å². The van der Waals surface area contributed by atoms with Crippen molar-refractivity contribution in [2.24, 2.45) is 0 Å². The number of hydrogen-bond acceptors (Lipinski definition) is 7. The summed E-state index contributed by atoms with van der Waals surface area (Å²) in [6.45, 7) is 3.95. The lowest BCUT2D eigenvalue weighted by Crippen LogP contribution is -2.54. The van der Waals surface area contributed by atoms with Crippen LogP contribution in [0.1, 0.15) is 40.9 Å². The number of carbonyl (C=O) groups excluding carboxylic acids is 3. The minimum absolute atomic E-state index is 0.0127. The van der Waals surface area contributed by atoms with Gasteiger partial charge in [0, 0.05) is 18.1 Å². The van der Waals surface area contributed by atoms with E-state index in [1.165, 1.54) is 16.1 Å². The summed E-state index contributed by atoms with van der Waals surface area (Å²) in [6.07, 6.45) is 4.12. The van der Waals surface area contributed by atoms with Crippen molar-refractivity contribution in [3.8, 4) is 0 Å². The van der Waals surface area contributed by atoms with Crippen LogP contribution in [0.4, 0.5) is 10.5 Å². The molecular formula is C25H28N6O4. The van der Waals surface area contributed by atoms with Gasteiger partial charge in [0.15, 0.2) is 0 Å². The molecule has 3 atom stereocenters. The third-order valence-electron chi connectivity index (χ3n) is 6.39. The average Bonchev–Trinajstić information content (AvgIpc) is 3.41. The molecule has 3 aliphatic rings. The van der Waals surface area contributed by atoms with Crippen molar-refractivity contribution < 1.29 is 19.1 Å².